The maximum absolute atomic E-state index is 12.2. The summed E-state index contributed by atoms with van der Waals surface area (Å²) < 4.78 is 32.1. The van der Waals surface area contributed by atoms with Crippen molar-refractivity contribution in [3.8, 4) is 11.5 Å². The Hall–Kier alpha value is -5.55. The predicted molar refractivity (Wildman–Crippen MR) is 259 cm³/mol. The Labute approximate surface area is 389 Å². The number of esters is 3. The van der Waals surface area contributed by atoms with E-state index in [1.165, 1.54) is 0 Å². The molecule has 0 aliphatic heterocycles. The van der Waals surface area contributed by atoms with Crippen molar-refractivity contribution in [1.82, 2.24) is 0 Å². The number of rotatable bonds is 26. The minimum atomic E-state index is -0.485. The van der Waals surface area contributed by atoms with Crippen LogP contribution in [0, 0.1) is 13.8 Å². The standard InChI is InChI=1S/C35H46O6.C17H17Cl2NO3/c1-27(2)34(36)40-24-12-8-6-10-22-38-32-19-16-30(17-20-32)14-15-31-18-21-33(29(5)26-31)39-23-11-7-9-13-25-41-35(37)28(3)4;1-3-22-10-23-17(21)12-6-4-5-7-14(12)20-16-13(18)9-8-11(2)15(16)19/h14-21,26H,1,3,6-13,22-25H2,2,4-5H3;4-9,20H,3,10H2,1-2H3/b15-14+;. The average Bonchev–Trinajstić information content (AvgIpc) is 3.28. The van der Waals surface area contributed by atoms with Gasteiger partial charge in [0.2, 0.25) is 0 Å². The van der Waals surface area contributed by atoms with Crippen LogP contribution in [0.1, 0.15) is 105 Å². The van der Waals surface area contributed by atoms with E-state index in [-0.39, 0.29) is 18.7 Å². The van der Waals surface area contributed by atoms with Crippen LogP contribution in [0.2, 0.25) is 10.0 Å². The lowest BCUT2D eigenvalue weighted by atomic mass is 10.1. The lowest BCUT2D eigenvalue weighted by molar-refractivity contribution is -0.139. The van der Waals surface area contributed by atoms with E-state index in [1.807, 2.05) is 38.1 Å². The third-order valence-electron chi connectivity index (χ3n) is 9.48. The van der Waals surface area contributed by atoms with Gasteiger partial charge < -0.3 is 33.7 Å². The normalized spacial score (nSPS) is 10.7. The van der Waals surface area contributed by atoms with Crippen LogP contribution >= 0.6 is 23.2 Å². The molecule has 0 amide bonds. The van der Waals surface area contributed by atoms with Crippen molar-refractivity contribution in [3.63, 3.8) is 0 Å². The smallest absolute Gasteiger partial charge is 0.342 e. The van der Waals surface area contributed by atoms with Gasteiger partial charge in [-0.05, 0) is 151 Å². The fraction of sp³-hybridized carbons (Fsp3) is 0.365. The van der Waals surface area contributed by atoms with Crippen LogP contribution in [-0.2, 0) is 28.5 Å². The van der Waals surface area contributed by atoms with Crippen molar-refractivity contribution >= 4 is 64.6 Å². The number of benzene rings is 4. The molecule has 0 atom stereocenters. The molecule has 344 valence electrons. The van der Waals surface area contributed by atoms with E-state index in [9.17, 15) is 14.4 Å². The number of anilines is 2. The highest BCUT2D eigenvalue weighted by Crippen LogP contribution is 2.36. The quantitative estimate of drug-likeness (QED) is 0.0163. The minimum Gasteiger partial charge on any atom is -0.494 e. The summed E-state index contributed by atoms with van der Waals surface area (Å²) in [7, 11) is 0. The van der Waals surface area contributed by atoms with Crippen molar-refractivity contribution in [3.05, 3.63) is 141 Å². The molecule has 0 unspecified atom stereocenters. The molecule has 1 N–H and O–H groups in total. The van der Waals surface area contributed by atoms with E-state index in [0.29, 0.717) is 71.2 Å². The molecule has 64 heavy (non-hydrogen) atoms. The molecule has 4 aromatic carbocycles. The summed E-state index contributed by atoms with van der Waals surface area (Å²) in [4.78, 5) is 34.8. The Morgan fingerprint density at radius 2 is 1.20 bits per heavy atom. The van der Waals surface area contributed by atoms with Gasteiger partial charge in [-0.2, -0.15) is 0 Å². The van der Waals surface area contributed by atoms with Crippen molar-refractivity contribution in [2.24, 2.45) is 0 Å². The number of unbranched alkanes of at least 4 members (excludes halogenated alkanes) is 6. The lowest BCUT2D eigenvalue weighted by Crippen LogP contribution is -2.11. The first-order valence-corrected chi connectivity index (χ1v) is 22.4. The maximum Gasteiger partial charge on any atom is 0.342 e. The number of hydrogen-bond acceptors (Lipinski definition) is 10. The molecule has 0 radical (unpaired) electrons. The zero-order valence-corrected chi connectivity index (χ0v) is 39.4. The van der Waals surface area contributed by atoms with Crippen molar-refractivity contribution < 1.29 is 42.8 Å². The molecular formula is C52H63Cl2NO9. The Morgan fingerprint density at radius 3 is 1.80 bits per heavy atom. The number of aryl methyl sites for hydroxylation is 2. The Balaban J connectivity index is 0.000000398. The molecule has 0 heterocycles. The summed E-state index contributed by atoms with van der Waals surface area (Å²) in [6, 6.07) is 24.9. The summed E-state index contributed by atoms with van der Waals surface area (Å²) in [6.45, 7) is 18.8. The zero-order valence-electron chi connectivity index (χ0n) is 37.9. The van der Waals surface area contributed by atoms with E-state index < -0.39 is 5.97 Å². The van der Waals surface area contributed by atoms with Crippen LogP contribution < -0.4 is 14.8 Å². The predicted octanol–water partition coefficient (Wildman–Crippen LogP) is 13.5. The van der Waals surface area contributed by atoms with Gasteiger partial charge in [0.05, 0.1) is 53.4 Å². The van der Waals surface area contributed by atoms with Gasteiger partial charge in [0.1, 0.15) is 11.5 Å². The third-order valence-corrected chi connectivity index (χ3v) is 10.3. The van der Waals surface area contributed by atoms with Gasteiger partial charge in [-0.15, -0.1) is 0 Å². The third kappa shape index (κ3) is 19.9. The van der Waals surface area contributed by atoms with Gasteiger partial charge in [0.25, 0.3) is 0 Å². The van der Waals surface area contributed by atoms with Crippen LogP contribution in [0.15, 0.2) is 103 Å². The average molecular weight is 917 g/mol. The van der Waals surface area contributed by atoms with Crippen LogP contribution in [0.5, 0.6) is 11.5 Å². The summed E-state index contributed by atoms with van der Waals surface area (Å²) in [5.41, 5.74) is 6.58. The first-order chi connectivity index (χ1) is 30.8. The van der Waals surface area contributed by atoms with Crippen molar-refractivity contribution in [2.45, 2.75) is 86.0 Å². The van der Waals surface area contributed by atoms with Crippen LogP contribution in [0.25, 0.3) is 12.2 Å². The lowest BCUT2D eigenvalue weighted by Gasteiger charge is -2.15. The molecule has 0 aliphatic rings. The minimum absolute atomic E-state index is 0.0877. The first-order valence-electron chi connectivity index (χ1n) is 21.7. The number of para-hydroxylation sites is 1. The molecule has 0 saturated heterocycles. The molecule has 0 saturated carbocycles. The Morgan fingerprint density at radius 1 is 0.641 bits per heavy atom. The highest BCUT2D eigenvalue weighted by molar-refractivity contribution is 6.39. The second-order valence-electron chi connectivity index (χ2n) is 15.1. The molecule has 0 bridgehead atoms. The number of carbonyl (C=O) groups is 3. The summed E-state index contributed by atoms with van der Waals surface area (Å²) in [5.74, 6) is 0.650. The molecule has 12 heteroatoms. The summed E-state index contributed by atoms with van der Waals surface area (Å²) in [5, 5.41) is 4.10. The molecule has 0 aliphatic carbocycles. The molecule has 0 spiro atoms. The van der Waals surface area contributed by atoms with Crippen LogP contribution in [-0.4, -0.2) is 57.7 Å². The molecule has 4 aromatic rings. The van der Waals surface area contributed by atoms with Gasteiger partial charge in [-0.1, -0.05) is 84.9 Å². The second-order valence-corrected chi connectivity index (χ2v) is 15.8. The van der Waals surface area contributed by atoms with E-state index in [0.717, 1.165) is 85.1 Å². The summed E-state index contributed by atoms with van der Waals surface area (Å²) in [6.07, 6.45) is 11.9. The van der Waals surface area contributed by atoms with E-state index in [2.05, 4.69) is 61.8 Å². The van der Waals surface area contributed by atoms with Gasteiger partial charge in [-0.25, -0.2) is 14.4 Å². The van der Waals surface area contributed by atoms with E-state index in [1.54, 1.807) is 44.2 Å². The monoisotopic (exact) mass is 915 g/mol. The maximum atomic E-state index is 12.2. The molecule has 4 rings (SSSR count). The number of hydrogen-bond donors (Lipinski definition) is 1. The number of nitrogens with one attached hydrogen (secondary N) is 1. The van der Waals surface area contributed by atoms with Crippen LogP contribution in [0.3, 0.4) is 0 Å². The highest BCUT2D eigenvalue weighted by atomic mass is 35.5. The second kappa shape index (κ2) is 29.7. The van der Waals surface area contributed by atoms with Gasteiger partial charge in [-0.3, -0.25) is 0 Å². The largest absolute Gasteiger partial charge is 0.494 e. The number of carbonyl (C=O) groups excluding carboxylic acids is 3. The zero-order chi connectivity index (χ0) is 46.7. The van der Waals surface area contributed by atoms with E-state index in [4.69, 9.17) is 51.6 Å². The number of halogens is 2. The Bertz CT molecular complexity index is 2150. The number of ether oxygens (including phenoxy) is 6. The first kappa shape index (κ1) is 52.8. The SMILES string of the molecule is C=C(C)C(=O)OCCCCCCOc1ccc(/C=C/c2ccc(OCCCCCCOC(=O)C(=C)C)c(C)c2)cc1.CCOCOC(=O)c1ccccc1Nc1c(Cl)ccc(C)c1Cl. The van der Waals surface area contributed by atoms with Gasteiger partial charge >= 0.3 is 17.9 Å². The topological polar surface area (TPSA) is 119 Å². The molecule has 0 aromatic heterocycles. The van der Waals surface area contributed by atoms with Crippen molar-refractivity contribution in [1.29, 1.82) is 0 Å². The molecule has 0 fully saturated rings. The fourth-order valence-electron chi connectivity index (χ4n) is 5.80. The summed E-state index contributed by atoms with van der Waals surface area (Å²) >= 11 is 12.5. The van der Waals surface area contributed by atoms with Crippen molar-refractivity contribution in [2.75, 3.05) is 45.1 Å². The molecule has 10 nitrogen and oxygen atoms in total. The fourth-order valence-corrected chi connectivity index (χ4v) is 6.27. The van der Waals surface area contributed by atoms with Crippen LogP contribution in [0.4, 0.5) is 11.4 Å². The van der Waals surface area contributed by atoms with Gasteiger partial charge in [0, 0.05) is 17.8 Å². The van der Waals surface area contributed by atoms with Gasteiger partial charge in [0.15, 0.2) is 6.79 Å². The Kier molecular flexibility index (Phi) is 24.5. The highest BCUT2D eigenvalue weighted by Gasteiger charge is 2.16. The van der Waals surface area contributed by atoms with E-state index >= 15 is 0 Å². The molecular weight excluding hydrogens is 853 g/mol.